The number of nitrogens with one attached hydrogen (secondary N) is 1. The molecule has 1 N–H and O–H groups in total. The van der Waals surface area contributed by atoms with Gasteiger partial charge in [0.15, 0.2) is 0 Å². The second kappa shape index (κ2) is 7.60. The average molecular weight is 387 g/mol. The van der Waals surface area contributed by atoms with Crippen LogP contribution in [0.15, 0.2) is 35.7 Å². The Morgan fingerprint density at radius 1 is 1.19 bits per heavy atom. The topological polar surface area (TPSA) is 67.6 Å². The first-order chi connectivity index (χ1) is 12.3. The van der Waals surface area contributed by atoms with E-state index in [0.29, 0.717) is 0 Å². The fourth-order valence-electron chi connectivity index (χ4n) is 2.98. The number of nitro groups is 1. The predicted molar refractivity (Wildman–Crippen MR) is 90.4 cm³/mol. The number of piperazine rings is 1. The molecule has 26 heavy (non-hydrogen) atoms. The molecule has 10 heteroatoms. The number of alkyl halides is 3. The first-order valence-electron chi connectivity index (χ1n) is 7.87. The molecule has 140 valence electrons. The minimum absolute atomic E-state index is 0.0390. The summed E-state index contributed by atoms with van der Waals surface area (Å²) in [4.78, 5) is 12.7. The largest absolute Gasteiger partial charge is 0.573 e. The van der Waals surface area contributed by atoms with E-state index in [-0.39, 0.29) is 16.8 Å². The van der Waals surface area contributed by atoms with E-state index in [1.165, 1.54) is 18.2 Å². The summed E-state index contributed by atoms with van der Waals surface area (Å²) in [6.07, 6.45) is -4.74. The zero-order chi connectivity index (χ0) is 18.7. The summed E-state index contributed by atoms with van der Waals surface area (Å²) in [6.45, 7) is 3.01. The lowest BCUT2D eigenvalue weighted by atomic mass is 9.98. The van der Waals surface area contributed by atoms with Crippen LogP contribution in [0.5, 0.6) is 5.75 Å². The minimum atomic E-state index is -4.74. The molecule has 1 aliphatic heterocycles. The lowest BCUT2D eigenvalue weighted by Gasteiger charge is -2.35. The van der Waals surface area contributed by atoms with Crippen LogP contribution in [0.3, 0.4) is 0 Å². The van der Waals surface area contributed by atoms with Gasteiger partial charge in [-0.25, -0.2) is 0 Å². The highest BCUT2D eigenvalue weighted by Crippen LogP contribution is 2.35. The van der Waals surface area contributed by atoms with Gasteiger partial charge in [0, 0.05) is 37.6 Å². The Morgan fingerprint density at radius 2 is 1.85 bits per heavy atom. The van der Waals surface area contributed by atoms with Gasteiger partial charge in [0.25, 0.3) is 0 Å². The van der Waals surface area contributed by atoms with Crippen molar-refractivity contribution in [3.8, 4) is 5.75 Å². The molecule has 0 bridgehead atoms. The average Bonchev–Trinajstić information content (AvgIpc) is 3.06. The summed E-state index contributed by atoms with van der Waals surface area (Å²) in [5, 5.41) is 16.0. The summed E-state index contributed by atoms with van der Waals surface area (Å²) >= 11 is 1.04. The maximum absolute atomic E-state index is 12.3. The number of hydrogen-bond donors (Lipinski definition) is 1. The van der Waals surface area contributed by atoms with Crippen LogP contribution < -0.4 is 10.1 Å². The SMILES string of the molecule is O=[N+]([O-])c1cc([C@H](c2ccc(OC(F)(F)F)cc2)N2CCNCC2)cs1. The lowest BCUT2D eigenvalue weighted by Crippen LogP contribution is -2.45. The number of halogens is 3. The van der Waals surface area contributed by atoms with Crippen molar-refractivity contribution >= 4 is 16.3 Å². The van der Waals surface area contributed by atoms with Crippen molar-refractivity contribution in [1.29, 1.82) is 0 Å². The molecule has 0 spiro atoms. The number of benzene rings is 1. The number of ether oxygens (including phenoxy) is 1. The molecule has 0 radical (unpaired) electrons. The van der Waals surface area contributed by atoms with Crippen molar-refractivity contribution in [2.24, 2.45) is 0 Å². The summed E-state index contributed by atoms with van der Waals surface area (Å²) in [5.41, 5.74) is 1.52. The Morgan fingerprint density at radius 3 is 2.38 bits per heavy atom. The van der Waals surface area contributed by atoms with Crippen molar-refractivity contribution < 1.29 is 22.8 Å². The molecule has 0 saturated carbocycles. The summed E-state index contributed by atoms with van der Waals surface area (Å²) in [6, 6.07) is 6.92. The van der Waals surface area contributed by atoms with Crippen molar-refractivity contribution in [3.05, 3.63) is 57.0 Å². The molecule has 1 fully saturated rings. The van der Waals surface area contributed by atoms with E-state index in [0.717, 1.165) is 48.6 Å². The van der Waals surface area contributed by atoms with Crippen molar-refractivity contribution in [2.75, 3.05) is 26.2 Å². The van der Waals surface area contributed by atoms with Crippen LogP contribution in [0.1, 0.15) is 17.2 Å². The van der Waals surface area contributed by atoms with Gasteiger partial charge in [-0.15, -0.1) is 13.2 Å². The smallest absolute Gasteiger partial charge is 0.406 e. The second-order valence-corrected chi connectivity index (χ2v) is 6.67. The highest BCUT2D eigenvalue weighted by Gasteiger charge is 2.31. The van der Waals surface area contributed by atoms with Gasteiger partial charge in [0.2, 0.25) is 0 Å². The second-order valence-electron chi connectivity index (χ2n) is 5.78. The van der Waals surface area contributed by atoms with E-state index in [4.69, 9.17) is 0 Å². The molecule has 0 unspecified atom stereocenters. The van der Waals surface area contributed by atoms with Crippen LogP contribution in [-0.2, 0) is 0 Å². The summed E-state index contributed by atoms with van der Waals surface area (Å²) < 4.78 is 40.9. The van der Waals surface area contributed by atoms with Gasteiger partial charge in [0.05, 0.1) is 11.0 Å². The molecule has 1 aromatic carbocycles. The van der Waals surface area contributed by atoms with E-state index in [9.17, 15) is 23.3 Å². The van der Waals surface area contributed by atoms with Crippen LogP contribution >= 0.6 is 11.3 Å². The molecule has 6 nitrogen and oxygen atoms in total. The molecular weight excluding hydrogens is 371 g/mol. The van der Waals surface area contributed by atoms with E-state index in [2.05, 4.69) is 15.0 Å². The first kappa shape index (κ1) is 18.6. The zero-order valence-electron chi connectivity index (χ0n) is 13.5. The summed E-state index contributed by atoms with van der Waals surface area (Å²) in [7, 11) is 0. The predicted octanol–water partition coefficient (Wildman–Crippen LogP) is 3.55. The molecular formula is C16H16F3N3O3S. The Bertz CT molecular complexity index is 758. The molecule has 3 rings (SSSR count). The fraction of sp³-hybridized carbons (Fsp3) is 0.375. The van der Waals surface area contributed by atoms with E-state index in [1.807, 2.05) is 0 Å². The Kier molecular flexibility index (Phi) is 5.44. The maximum atomic E-state index is 12.3. The summed E-state index contributed by atoms with van der Waals surface area (Å²) in [5.74, 6) is -0.295. The van der Waals surface area contributed by atoms with Crippen LogP contribution in [0.25, 0.3) is 0 Å². The van der Waals surface area contributed by atoms with E-state index < -0.39 is 11.3 Å². The van der Waals surface area contributed by atoms with Crippen molar-refractivity contribution in [3.63, 3.8) is 0 Å². The third-order valence-electron chi connectivity index (χ3n) is 4.05. The quantitative estimate of drug-likeness (QED) is 0.628. The monoisotopic (exact) mass is 387 g/mol. The van der Waals surface area contributed by atoms with Gasteiger partial charge in [0.1, 0.15) is 5.75 Å². The molecule has 1 atom stereocenters. The number of nitrogens with zero attached hydrogens (tertiary/aromatic N) is 2. The highest BCUT2D eigenvalue weighted by atomic mass is 32.1. The third kappa shape index (κ3) is 4.51. The van der Waals surface area contributed by atoms with Crippen LogP contribution in [-0.4, -0.2) is 42.4 Å². The van der Waals surface area contributed by atoms with Gasteiger partial charge in [-0.3, -0.25) is 15.0 Å². The molecule has 2 aromatic rings. The first-order valence-corrected chi connectivity index (χ1v) is 8.75. The maximum Gasteiger partial charge on any atom is 0.573 e. The van der Waals surface area contributed by atoms with E-state index in [1.54, 1.807) is 17.5 Å². The van der Waals surface area contributed by atoms with Gasteiger partial charge >= 0.3 is 11.4 Å². The third-order valence-corrected chi connectivity index (χ3v) is 4.95. The van der Waals surface area contributed by atoms with Crippen LogP contribution in [0.2, 0.25) is 0 Å². The van der Waals surface area contributed by atoms with Crippen LogP contribution in [0, 0.1) is 10.1 Å². The Labute approximate surface area is 151 Å². The molecule has 1 aromatic heterocycles. The van der Waals surface area contributed by atoms with Crippen LogP contribution in [0.4, 0.5) is 18.2 Å². The molecule has 2 heterocycles. The van der Waals surface area contributed by atoms with Gasteiger partial charge in [-0.2, -0.15) is 0 Å². The van der Waals surface area contributed by atoms with E-state index >= 15 is 0 Å². The van der Waals surface area contributed by atoms with Crippen molar-refractivity contribution in [1.82, 2.24) is 10.2 Å². The molecule has 0 amide bonds. The van der Waals surface area contributed by atoms with Crippen molar-refractivity contribution in [2.45, 2.75) is 12.4 Å². The number of rotatable bonds is 5. The molecule has 1 aliphatic rings. The molecule has 0 aliphatic carbocycles. The fourth-order valence-corrected chi connectivity index (χ4v) is 3.73. The van der Waals surface area contributed by atoms with Gasteiger partial charge in [-0.1, -0.05) is 23.5 Å². The zero-order valence-corrected chi connectivity index (χ0v) is 14.3. The molecule has 1 saturated heterocycles. The number of hydrogen-bond acceptors (Lipinski definition) is 6. The van der Waals surface area contributed by atoms with Gasteiger partial charge < -0.3 is 10.1 Å². The number of thiophene rings is 1. The lowest BCUT2D eigenvalue weighted by molar-refractivity contribution is -0.380. The highest BCUT2D eigenvalue weighted by molar-refractivity contribution is 7.13. The standard InChI is InChI=1S/C16H16F3N3O3S/c17-16(18,19)25-13-3-1-11(2-4-13)15(21-7-5-20-6-8-21)12-9-14(22(23)24)26-10-12/h1-4,9-10,15,20H,5-8H2/t15-/m0/s1. The van der Waals surface area contributed by atoms with Gasteiger partial charge in [-0.05, 0) is 23.3 Å². The minimum Gasteiger partial charge on any atom is -0.406 e. The normalized spacial score (nSPS) is 17.0. The Balaban J connectivity index is 1.90. The Hall–Kier alpha value is -2.17.